The van der Waals surface area contributed by atoms with E-state index in [2.05, 4.69) is 5.73 Å². The molecule has 1 atom stereocenters. The third-order valence-corrected chi connectivity index (χ3v) is 1.99. The maximum atomic E-state index is 10.8. The summed E-state index contributed by atoms with van der Waals surface area (Å²) < 4.78 is 10.8. The summed E-state index contributed by atoms with van der Waals surface area (Å²) in [6.07, 6.45) is 0. The molecule has 4 N–H and O–H groups in total. The van der Waals surface area contributed by atoms with Gasteiger partial charge in [-0.05, 0) is 0 Å². The Labute approximate surface area is 75.7 Å². The van der Waals surface area contributed by atoms with E-state index < -0.39 is 40.2 Å². The molecule has 0 rings (SSSR count). The highest BCUT2D eigenvalue weighted by atomic mass is 32.2. The standard InChI is InChI=1S/C5H8N2O5S/c6-5(11)7-3(8)1-13(12)2-4(9)10/h1-2H2,(H,9,10)(H3,6,7,8,11). The van der Waals surface area contributed by atoms with Crippen LogP contribution in [0.3, 0.4) is 0 Å². The van der Waals surface area contributed by atoms with Crippen molar-refractivity contribution in [1.29, 1.82) is 0 Å². The van der Waals surface area contributed by atoms with E-state index in [0.717, 1.165) is 0 Å². The van der Waals surface area contributed by atoms with E-state index in [-0.39, 0.29) is 0 Å². The fourth-order valence-electron chi connectivity index (χ4n) is 0.508. The molecule has 0 aliphatic heterocycles. The molecule has 0 aliphatic rings. The summed E-state index contributed by atoms with van der Waals surface area (Å²) in [6.45, 7) is 0. The SMILES string of the molecule is NC(=O)NC(=O)CS(=O)CC(=O)O. The summed E-state index contributed by atoms with van der Waals surface area (Å²) in [6, 6.07) is -1.06. The van der Waals surface area contributed by atoms with Gasteiger partial charge in [-0.2, -0.15) is 0 Å². The van der Waals surface area contributed by atoms with E-state index >= 15 is 0 Å². The van der Waals surface area contributed by atoms with Gasteiger partial charge in [0.25, 0.3) is 0 Å². The van der Waals surface area contributed by atoms with Crippen LogP contribution in [0, 0.1) is 0 Å². The highest BCUT2D eigenvalue weighted by Gasteiger charge is 2.12. The lowest BCUT2D eigenvalue weighted by atomic mass is 10.7. The topological polar surface area (TPSA) is 127 Å². The first-order valence-corrected chi connectivity index (χ1v) is 4.56. The lowest BCUT2D eigenvalue weighted by Crippen LogP contribution is -2.38. The second-order valence-electron chi connectivity index (χ2n) is 2.03. The van der Waals surface area contributed by atoms with Gasteiger partial charge < -0.3 is 10.8 Å². The second-order valence-corrected chi connectivity index (χ2v) is 3.49. The average Bonchev–Trinajstić information content (AvgIpc) is 1.80. The van der Waals surface area contributed by atoms with E-state index in [1.165, 1.54) is 0 Å². The van der Waals surface area contributed by atoms with Crippen molar-refractivity contribution in [2.24, 2.45) is 5.73 Å². The Morgan fingerprint density at radius 3 is 2.23 bits per heavy atom. The zero-order valence-corrected chi connectivity index (χ0v) is 7.30. The number of hydrogen-bond donors (Lipinski definition) is 3. The minimum absolute atomic E-state index is 0.546. The van der Waals surface area contributed by atoms with Gasteiger partial charge in [-0.25, -0.2) is 4.79 Å². The minimum Gasteiger partial charge on any atom is -0.481 e. The predicted molar refractivity (Wildman–Crippen MR) is 43.2 cm³/mol. The Bertz CT molecular complexity index is 238. The maximum absolute atomic E-state index is 10.8. The highest BCUT2D eigenvalue weighted by molar-refractivity contribution is 7.86. The van der Waals surface area contributed by atoms with Gasteiger partial charge in [-0.15, -0.1) is 0 Å². The molecule has 0 bridgehead atoms. The van der Waals surface area contributed by atoms with E-state index in [4.69, 9.17) is 5.11 Å². The molecule has 0 aromatic heterocycles. The zero-order chi connectivity index (χ0) is 10.4. The number of carboxylic acids is 1. The van der Waals surface area contributed by atoms with Crippen LogP contribution in [0.15, 0.2) is 0 Å². The number of nitrogens with one attached hydrogen (secondary N) is 1. The van der Waals surface area contributed by atoms with E-state index in [9.17, 15) is 18.6 Å². The van der Waals surface area contributed by atoms with Crippen LogP contribution in [0.5, 0.6) is 0 Å². The van der Waals surface area contributed by atoms with Gasteiger partial charge in [0, 0.05) is 10.8 Å². The van der Waals surface area contributed by atoms with Crippen LogP contribution in [0.4, 0.5) is 4.79 Å². The fraction of sp³-hybridized carbons (Fsp3) is 0.400. The van der Waals surface area contributed by atoms with Crippen LogP contribution in [0.2, 0.25) is 0 Å². The molecule has 0 fully saturated rings. The number of aliphatic carboxylic acids is 1. The molecule has 13 heavy (non-hydrogen) atoms. The Hall–Kier alpha value is -1.44. The number of imide groups is 1. The van der Waals surface area contributed by atoms with Crippen LogP contribution < -0.4 is 11.1 Å². The van der Waals surface area contributed by atoms with E-state index in [1.807, 2.05) is 0 Å². The molecule has 3 amide bonds. The van der Waals surface area contributed by atoms with Crippen molar-refractivity contribution in [2.75, 3.05) is 11.5 Å². The molecule has 0 saturated heterocycles. The average molecular weight is 208 g/mol. The van der Waals surface area contributed by atoms with Crippen LogP contribution in [0.1, 0.15) is 0 Å². The summed E-state index contributed by atoms with van der Waals surface area (Å²) in [5.41, 5.74) is 4.58. The van der Waals surface area contributed by atoms with Gasteiger partial charge in [0.1, 0.15) is 11.5 Å². The van der Waals surface area contributed by atoms with Gasteiger partial charge in [0.2, 0.25) is 5.91 Å². The number of carbonyl (C=O) groups excluding carboxylic acids is 2. The highest BCUT2D eigenvalue weighted by Crippen LogP contribution is 1.82. The number of hydrogen-bond acceptors (Lipinski definition) is 4. The van der Waals surface area contributed by atoms with Crippen molar-refractivity contribution in [2.45, 2.75) is 0 Å². The van der Waals surface area contributed by atoms with Crippen LogP contribution >= 0.6 is 0 Å². The molecule has 0 heterocycles. The third-order valence-electron chi connectivity index (χ3n) is 0.839. The minimum atomic E-state index is -1.82. The number of primary amides is 1. The van der Waals surface area contributed by atoms with Crippen molar-refractivity contribution in [3.63, 3.8) is 0 Å². The van der Waals surface area contributed by atoms with E-state index in [1.54, 1.807) is 5.32 Å². The van der Waals surface area contributed by atoms with Crippen molar-refractivity contribution in [3.8, 4) is 0 Å². The van der Waals surface area contributed by atoms with Crippen LogP contribution in [-0.2, 0) is 20.4 Å². The largest absolute Gasteiger partial charge is 0.481 e. The molecule has 8 heteroatoms. The third kappa shape index (κ3) is 6.94. The van der Waals surface area contributed by atoms with Gasteiger partial charge in [-0.1, -0.05) is 0 Å². The molecule has 0 aliphatic carbocycles. The molecule has 0 aromatic carbocycles. The monoisotopic (exact) mass is 208 g/mol. The Morgan fingerprint density at radius 1 is 1.31 bits per heavy atom. The Balaban J connectivity index is 3.85. The van der Waals surface area contributed by atoms with Crippen LogP contribution in [-0.4, -0.2) is 38.7 Å². The Morgan fingerprint density at radius 2 is 1.85 bits per heavy atom. The zero-order valence-electron chi connectivity index (χ0n) is 6.48. The quantitative estimate of drug-likeness (QED) is 0.493. The van der Waals surface area contributed by atoms with Gasteiger partial charge >= 0.3 is 12.0 Å². The van der Waals surface area contributed by atoms with Crippen molar-refractivity contribution >= 4 is 28.7 Å². The molecule has 7 nitrogen and oxygen atoms in total. The molecule has 0 aromatic rings. The Kier molecular flexibility index (Phi) is 4.67. The summed E-state index contributed by atoms with van der Waals surface area (Å²) in [4.78, 5) is 30.7. The number of urea groups is 1. The normalized spacial score (nSPS) is 11.7. The fourth-order valence-corrected chi connectivity index (χ4v) is 1.25. The summed E-state index contributed by atoms with van der Waals surface area (Å²) in [7, 11) is -1.82. The lowest BCUT2D eigenvalue weighted by Gasteiger charge is -1.98. The van der Waals surface area contributed by atoms with E-state index in [0.29, 0.717) is 0 Å². The predicted octanol–water partition coefficient (Wildman–Crippen LogP) is -1.99. The summed E-state index contributed by atoms with van der Waals surface area (Å²) in [5, 5.41) is 9.82. The van der Waals surface area contributed by atoms with Gasteiger partial charge in [-0.3, -0.25) is 19.1 Å². The smallest absolute Gasteiger partial charge is 0.318 e. The van der Waals surface area contributed by atoms with Gasteiger partial charge in [0.05, 0.1) is 0 Å². The first-order chi connectivity index (χ1) is 5.91. The number of nitrogens with two attached hydrogens (primary N) is 1. The summed E-state index contributed by atoms with van der Waals surface area (Å²) in [5.74, 6) is -3.31. The number of rotatable bonds is 4. The first kappa shape index (κ1) is 11.6. The molecule has 1 unspecified atom stereocenters. The number of carbonyl (C=O) groups is 3. The maximum Gasteiger partial charge on any atom is 0.318 e. The van der Waals surface area contributed by atoms with Crippen molar-refractivity contribution < 1.29 is 23.7 Å². The lowest BCUT2D eigenvalue weighted by molar-refractivity contribution is -0.133. The molecule has 0 spiro atoms. The first-order valence-electron chi connectivity index (χ1n) is 3.08. The summed E-state index contributed by atoms with van der Waals surface area (Å²) >= 11 is 0. The van der Waals surface area contributed by atoms with Crippen LogP contribution in [0.25, 0.3) is 0 Å². The molecule has 0 saturated carbocycles. The van der Waals surface area contributed by atoms with Gasteiger partial charge in [0.15, 0.2) is 0 Å². The molecular weight excluding hydrogens is 200 g/mol. The second kappa shape index (κ2) is 5.25. The molecular formula is C5H8N2O5S. The number of carboxylic acid groups (broad SMARTS) is 1. The van der Waals surface area contributed by atoms with Crippen molar-refractivity contribution in [1.82, 2.24) is 5.32 Å². The molecule has 0 radical (unpaired) electrons. The van der Waals surface area contributed by atoms with Crippen molar-refractivity contribution in [3.05, 3.63) is 0 Å². The number of amides is 3. The molecule has 74 valence electrons.